The average Bonchev–Trinajstić information content (AvgIpc) is 2.46. The number of rotatable bonds is 6. The lowest BCUT2D eigenvalue weighted by atomic mass is 9.87. The van der Waals surface area contributed by atoms with E-state index in [9.17, 15) is 5.11 Å². The van der Waals surface area contributed by atoms with Crippen LogP contribution in [0.2, 0.25) is 0 Å². The highest BCUT2D eigenvalue weighted by Gasteiger charge is 2.19. The predicted octanol–water partition coefficient (Wildman–Crippen LogP) is 3.10. The van der Waals surface area contributed by atoms with Crippen LogP contribution in [0, 0.1) is 18.3 Å². The summed E-state index contributed by atoms with van der Waals surface area (Å²) in [7, 11) is 0. The zero-order valence-electron chi connectivity index (χ0n) is 12.1. The molecule has 2 atom stereocenters. The van der Waals surface area contributed by atoms with Crippen LogP contribution >= 0.6 is 15.9 Å². The van der Waals surface area contributed by atoms with Crippen LogP contribution in [0.3, 0.4) is 0 Å². The molecule has 0 radical (unpaired) electrons. The molecule has 21 heavy (non-hydrogen) atoms. The van der Waals surface area contributed by atoms with Gasteiger partial charge in [0.25, 0.3) is 0 Å². The van der Waals surface area contributed by atoms with Gasteiger partial charge in [-0.25, -0.2) is 0 Å². The highest BCUT2D eigenvalue weighted by Crippen LogP contribution is 2.25. The third kappa shape index (κ3) is 5.35. The SMILES string of the molecule is C#CCOc1ccc(Br)cc1CNCC1CCCC(O)C1. The summed E-state index contributed by atoms with van der Waals surface area (Å²) in [4.78, 5) is 0. The Kier molecular flexibility index (Phi) is 6.56. The maximum atomic E-state index is 9.70. The van der Waals surface area contributed by atoms with E-state index in [1.807, 2.05) is 12.1 Å². The number of aliphatic hydroxyl groups is 1. The monoisotopic (exact) mass is 351 g/mol. The molecule has 0 bridgehead atoms. The third-order valence-corrected chi connectivity index (χ3v) is 4.33. The van der Waals surface area contributed by atoms with Crippen LogP contribution in [0.1, 0.15) is 31.2 Å². The molecule has 2 unspecified atom stereocenters. The Bertz CT molecular complexity index is 498. The lowest BCUT2D eigenvalue weighted by Gasteiger charge is -2.26. The van der Waals surface area contributed by atoms with Gasteiger partial charge in [0, 0.05) is 16.6 Å². The van der Waals surface area contributed by atoms with Gasteiger partial charge in [-0.1, -0.05) is 28.3 Å². The molecule has 1 saturated carbocycles. The molecule has 2 N–H and O–H groups in total. The number of halogens is 1. The first-order chi connectivity index (χ1) is 10.2. The summed E-state index contributed by atoms with van der Waals surface area (Å²) in [6.45, 7) is 1.95. The Morgan fingerprint density at radius 2 is 2.29 bits per heavy atom. The molecular formula is C17H22BrNO2. The number of ether oxygens (including phenoxy) is 1. The van der Waals surface area contributed by atoms with Gasteiger partial charge in [-0.3, -0.25) is 0 Å². The lowest BCUT2D eigenvalue weighted by molar-refractivity contribution is 0.101. The largest absolute Gasteiger partial charge is 0.481 e. The van der Waals surface area contributed by atoms with Crippen molar-refractivity contribution >= 4 is 15.9 Å². The minimum Gasteiger partial charge on any atom is -0.481 e. The standard InChI is InChI=1S/C17H22BrNO2/c1-2-8-21-17-7-6-15(18)10-14(17)12-19-11-13-4-3-5-16(20)9-13/h1,6-7,10,13,16,19-20H,3-5,8-9,11-12H2. The number of hydrogen-bond donors (Lipinski definition) is 2. The van der Waals surface area contributed by atoms with E-state index in [2.05, 4.69) is 33.2 Å². The van der Waals surface area contributed by atoms with E-state index < -0.39 is 0 Å². The second-order valence-electron chi connectivity index (χ2n) is 5.56. The zero-order chi connectivity index (χ0) is 15.1. The van der Waals surface area contributed by atoms with Crippen molar-refractivity contribution < 1.29 is 9.84 Å². The number of aliphatic hydroxyl groups excluding tert-OH is 1. The maximum absolute atomic E-state index is 9.70. The number of terminal acetylenes is 1. The summed E-state index contributed by atoms with van der Waals surface area (Å²) in [6, 6.07) is 5.93. The number of nitrogens with one attached hydrogen (secondary N) is 1. The first-order valence-corrected chi connectivity index (χ1v) is 8.22. The van der Waals surface area contributed by atoms with Gasteiger partial charge in [0.1, 0.15) is 12.4 Å². The Balaban J connectivity index is 1.86. The van der Waals surface area contributed by atoms with Crippen molar-refractivity contribution in [2.24, 2.45) is 5.92 Å². The van der Waals surface area contributed by atoms with Crippen LogP contribution in [0.4, 0.5) is 0 Å². The van der Waals surface area contributed by atoms with E-state index >= 15 is 0 Å². The molecular weight excluding hydrogens is 330 g/mol. The molecule has 0 heterocycles. The Labute approximate surface area is 135 Å². The van der Waals surface area contributed by atoms with Crippen LogP contribution in [-0.4, -0.2) is 24.4 Å². The van der Waals surface area contributed by atoms with Gasteiger partial charge < -0.3 is 15.2 Å². The summed E-state index contributed by atoms with van der Waals surface area (Å²) in [6.07, 6.45) is 9.31. The normalized spacial score (nSPS) is 21.8. The van der Waals surface area contributed by atoms with Crippen molar-refractivity contribution in [3.05, 3.63) is 28.2 Å². The average molecular weight is 352 g/mol. The van der Waals surface area contributed by atoms with Gasteiger partial charge in [-0.2, -0.15) is 0 Å². The van der Waals surface area contributed by atoms with E-state index in [1.54, 1.807) is 0 Å². The maximum Gasteiger partial charge on any atom is 0.148 e. The van der Waals surface area contributed by atoms with E-state index in [1.165, 1.54) is 6.42 Å². The van der Waals surface area contributed by atoms with Crippen molar-refractivity contribution in [3.63, 3.8) is 0 Å². The molecule has 1 aliphatic rings. The second kappa shape index (κ2) is 8.43. The van der Waals surface area contributed by atoms with Crippen molar-refractivity contribution in [2.75, 3.05) is 13.2 Å². The van der Waals surface area contributed by atoms with Crippen LogP contribution in [-0.2, 0) is 6.54 Å². The molecule has 1 aromatic carbocycles. The van der Waals surface area contributed by atoms with E-state index in [0.717, 1.165) is 48.1 Å². The molecule has 2 rings (SSSR count). The molecule has 0 aliphatic heterocycles. The van der Waals surface area contributed by atoms with Crippen LogP contribution in [0.5, 0.6) is 5.75 Å². The molecule has 1 fully saturated rings. The third-order valence-electron chi connectivity index (χ3n) is 3.84. The van der Waals surface area contributed by atoms with Crippen molar-refractivity contribution in [1.29, 1.82) is 0 Å². The fourth-order valence-electron chi connectivity index (χ4n) is 2.81. The minimum absolute atomic E-state index is 0.119. The first kappa shape index (κ1) is 16.4. The lowest BCUT2D eigenvalue weighted by Crippen LogP contribution is -2.29. The summed E-state index contributed by atoms with van der Waals surface area (Å²) >= 11 is 3.48. The summed E-state index contributed by atoms with van der Waals surface area (Å²) in [5, 5.41) is 13.2. The Hall–Kier alpha value is -1.02. The van der Waals surface area contributed by atoms with Gasteiger partial charge in [-0.15, -0.1) is 6.42 Å². The predicted molar refractivity (Wildman–Crippen MR) is 88.1 cm³/mol. The summed E-state index contributed by atoms with van der Waals surface area (Å²) in [5.74, 6) is 3.88. The second-order valence-corrected chi connectivity index (χ2v) is 6.48. The fraction of sp³-hybridized carbons (Fsp3) is 0.529. The van der Waals surface area contributed by atoms with Crippen molar-refractivity contribution in [1.82, 2.24) is 5.32 Å². The number of benzene rings is 1. The Morgan fingerprint density at radius 1 is 1.43 bits per heavy atom. The van der Waals surface area contributed by atoms with Gasteiger partial charge in [0.2, 0.25) is 0 Å². The molecule has 1 aliphatic carbocycles. The molecule has 1 aromatic rings. The van der Waals surface area contributed by atoms with Gasteiger partial charge >= 0.3 is 0 Å². The van der Waals surface area contributed by atoms with Gasteiger partial charge in [0.05, 0.1) is 6.10 Å². The quantitative estimate of drug-likeness (QED) is 0.773. The minimum atomic E-state index is -0.119. The van der Waals surface area contributed by atoms with Crippen LogP contribution < -0.4 is 10.1 Å². The smallest absolute Gasteiger partial charge is 0.148 e. The van der Waals surface area contributed by atoms with Crippen molar-refractivity contribution in [2.45, 2.75) is 38.3 Å². The zero-order valence-corrected chi connectivity index (χ0v) is 13.7. The molecule has 0 spiro atoms. The van der Waals surface area contributed by atoms with E-state index in [-0.39, 0.29) is 12.7 Å². The molecule has 4 heteroatoms. The van der Waals surface area contributed by atoms with Crippen LogP contribution in [0.25, 0.3) is 0 Å². The van der Waals surface area contributed by atoms with Gasteiger partial charge in [-0.05, 0) is 49.9 Å². The first-order valence-electron chi connectivity index (χ1n) is 7.42. The summed E-state index contributed by atoms with van der Waals surface area (Å²) in [5.41, 5.74) is 1.09. The topological polar surface area (TPSA) is 41.5 Å². The molecule has 114 valence electrons. The van der Waals surface area contributed by atoms with Crippen LogP contribution in [0.15, 0.2) is 22.7 Å². The summed E-state index contributed by atoms with van der Waals surface area (Å²) < 4.78 is 6.59. The highest BCUT2D eigenvalue weighted by atomic mass is 79.9. The molecule has 3 nitrogen and oxygen atoms in total. The Morgan fingerprint density at radius 3 is 3.05 bits per heavy atom. The number of hydrogen-bond acceptors (Lipinski definition) is 3. The van der Waals surface area contributed by atoms with E-state index in [0.29, 0.717) is 5.92 Å². The highest BCUT2D eigenvalue weighted by molar-refractivity contribution is 9.10. The van der Waals surface area contributed by atoms with E-state index in [4.69, 9.17) is 11.2 Å². The molecule has 0 aromatic heterocycles. The fourth-order valence-corrected chi connectivity index (χ4v) is 3.21. The van der Waals surface area contributed by atoms with Crippen molar-refractivity contribution in [3.8, 4) is 18.1 Å². The molecule has 0 saturated heterocycles. The molecule has 0 amide bonds. The van der Waals surface area contributed by atoms with Gasteiger partial charge in [0.15, 0.2) is 0 Å².